The van der Waals surface area contributed by atoms with Crippen molar-refractivity contribution in [2.45, 2.75) is 46.1 Å². The van der Waals surface area contributed by atoms with Crippen LogP contribution in [-0.2, 0) is 11.3 Å². The fourth-order valence-corrected chi connectivity index (χ4v) is 3.56. The minimum absolute atomic E-state index is 0.276. The zero-order valence-corrected chi connectivity index (χ0v) is 15.4. The van der Waals surface area contributed by atoms with Gasteiger partial charge in [-0.1, -0.05) is 12.1 Å². The first-order valence-corrected chi connectivity index (χ1v) is 9.35. The van der Waals surface area contributed by atoms with Crippen molar-refractivity contribution in [1.82, 2.24) is 9.80 Å². The first kappa shape index (κ1) is 19.4. The van der Waals surface area contributed by atoms with Gasteiger partial charge in [-0.3, -0.25) is 9.69 Å². The summed E-state index contributed by atoms with van der Waals surface area (Å²) in [6.07, 6.45) is 3.87. The van der Waals surface area contributed by atoms with Gasteiger partial charge in [-0.05, 0) is 69.8 Å². The van der Waals surface area contributed by atoms with Crippen LogP contribution in [0.25, 0.3) is 0 Å². The Morgan fingerprint density at radius 2 is 1.88 bits per heavy atom. The summed E-state index contributed by atoms with van der Waals surface area (Å²) in [5.41, 5.74) is 1.40. The number of carbonyl (C=O) groups is 2. The third kappa shape index (κ3) is 5.85. The van der Waals surface area contributed by atoms with Gasteiger partial charge in [0, 0.05) is 26.1 Å². The van der Waals surface area contributed by atoms with Gasteiger partial charge in [-0.2, -0.15) is 0 Å². The Hall–Kier alpha value is -1.88. The van der Waals surface area contributed by atoms with E-state index in [4.69, 9.17) is 5.11 Å². The van der Waals surface area contributed by atoms with Gasteiger partial charge in [-0.15, -0.1) is 0 Å². The molecule has 2 rings (SSSR count). The lowest BCUT2D eigenvalue weighted by Gasteiger charge is -2.32. The number of benzene rings is 1. The van der Waals surface area contributed by atoms with E-state index in [1.807, 2.05) is 30.9 Å². The van der Waals surface area contributed by atoms with E-state index in [1.54, 1.807) is 12.1 Å². The number of piperidine rings is 1. The number of likely N-dealkylation sites (tertiary alicyclic amines) is 1. The van der Waals surface area contributed by atoms with Crippen molar-refractivity contribution in [2.24, 2.45) is 5.92 Å². The highest BCUT2D eigenvalue weighted by atomic mass is 16.4. The number of carbonyl (C=O) groups excluding carboxylic acids is 1. The molecule has 1 fully saturated rings. The molecule has 138 valence electrons. The average molecular weight is 346 g/mol. The van der Waals surface area contributed by atoms with Crippen molar-refractivity contribution in [3.63, 3.8) is 0 Å². The molecule has 1 aliphatic heterocycles. The van der Waals surface area contributed by atoms with Crippen molar-refractivity contribution < 1.29 is 14.7 Å². The molecule has 1 amide bonds. The molecule has 5 nitrogen and oxygen atoms in total. The zero-order chi connectivity index (χ0) is 18.2. The maximum absolute atomic E-state index is 12.1. The topological polar surface area (TPSA) is 60.9 Å². The van der Waals surface area contributed by atoms with Crippen molar-refractivity contribution in [3.05, 3.63) is 35.4 Å². The molecule has 0 bridgehead atoms. The second-order valence-electron chi connectivity index (χ2n) is 6.83. The summed E-state index contributed by atoms with van der Waals surface area (Å²) in [6, 6.07) is 7.19. The molecule has 0 saturated carbocycles. The molecule has 0 radical (unpaired) electrons. The number of hydrogen-bond acceptors (Lipinski definition) is 3. The molecule has 1 aromatic carbocycles. The van der Waals surface area contributed by atoms with E-state index in [2.05, 4.69) is 4.90 Å². The second-order valence-corrected chi connectivity index (χ2v) is 6.83. The van der Waals surface area contributed by atoms with Crippen LogP contribution < -0.4 is 0 Å². The normalized spacial score (nSPS) is 15.9. The Morgan fingerprint density at radius 1 is 1.20 bits per heavy atom. The highest BCUT2D eigenvalue weighted by Gasteiger charge is 2.21. The third-order valence-electron chi connectivity index (χ3n) is 5.17. The minimum atomic E-state index is -0.876. The molecule has 1 N–H and O–H groups in total. The van der Waals surface area contributed by atoms with E-state index < -0.39 is 5.97 Å². The molecule has 0 unspecified atom stereocenters. The smallest absolute Gasteiger partial charge is 0.335 e. The van der Waals surface area contributed by atoms with Gasteiger partial charge in [0.2, 0.25) is 5.91 Å². The Morgan fingerprint density at radius 3 is 2.48 bits per heavy atom. The monoisotopic (exact) mass is 346 g/mol. The van der Waals surface area contributed by atoms with Crippen molar-refractivity contribution in [2.75, 3.05) is 26.2 Å². The molecular weight excluding hydrogens is 316 g/mol. The molecule has 1 saturated heterocycles. The van der Waals surface area contributed by atoms with Crippen LogP contribution in [0, 0.1) is 5.92 Å². The Bertz CT molecular complexity index is 576. The lowest BCUT2D eigenvalue weighted by molar-refractivity contribution is -0.131. The molecule has 0 aliphatic carbocycles. The van der Waals surface area contributed by atoms with Crippen LogP contribution in [0.5, 0.6) is 0 Å². The van der Waals surface area contributed by atoms with Gasteiger partial charge in [0.05, 0.1) is 5.56 Å². The van der Waals surface area contributed by atoms with Gasteiger partial charge in [0.25, 0.3) is 0 Å². The van der Waals surface area contributed by atoms with E-state index in [0.717, 1.165) is 57.5 Å². The molecule has 1 heterocycles. The molecular formula is C20H30N2O3. The number of carboxylic acid groups (broad SMARTS) is 1. The first-order chi connectivity index (χ1) is 12.0. The van der Waals surface area contributed by atoms with Crippen LogP contribution in [0.4, 0.5) is 0 Å². The molecule has 1 aromatic rings. The molecule has 25 heavy (non-hydrogen) atoms. The van der Waals surface area contributed by atoms with Crippen molar-refractivity contribution in [3.8, 4) is 0 Å². The van der Waals surface area contributed by atoms with Gasteiger partial charge in [0.15, 0.2) is 0 Å². The van der Waals surface area contributed by atoms with E-state index in [1.165, 1.54) is 0 Å². The summed E-state index contributed by atoms with van der Waals surface area (Å²) in [5, 5.41) is 9.08. The van der Waals surface area contributed by atoms with Gasteiger partial charge in [0.1, 0.15) is 0 Å². The van der Waals surface area contributed by atoms with Crippen LogP contribution in [0.2, 0.25) is 0 Å². The number of nitrogens with zero attached hydrogens (tertiary/aromatic N) is 2. The maximum Gasteiger partial charge on any atom is 0.335 e. The zero-order valence-electron chi connectivity index (χ0n) is 15.4. The summed E-state index contributed by atoms with van der Waals surface area (Å²) in [7, 11) is 0. The SMILES string of the molecule is CCN(CC)C(=O)CCC1CCN(Cc2cccc(C(=O)O)c2)CC1. The molecule has 1 aliphatic rings. The summed E-state index contributed by atoms with van der Waals surface area (Å²) in [5.74, 6) is 0.0254. The summed E-state index contributed by atoms with van der Waals surface area (Å²) >= 11 is 0. The largest absolute Gasteiger partial charge is 0.478 e. The van der Waals surface area contributed by atoms with Crippen molar-refractivity contribution in [1.29, 1.82) is 0 Å². The second kappa shape index (κ2) is 9.56. The van der Waals surface area contributed by atoms with Gasteiger partial charge >= 0.3 is 5.97 Å². The minimum Gasteiger partial charge on any atom is -0.478 e. The van der Waals surface area contributed by atoms with Crippen LogP contribution in [0.1, 0.15) is 55.5 Å². The number of hydrogen-bond donors (Lipinski definition) is 1. The third-order valence-corrected chi connectivity index (χ3v) is 5.17. The highest BCUT2D eigenvalue weighted by molar-refractivity contribution is 5.87. The standard InChI is InChI=1S/C20H30N2O3/c1-3-22(4-2)19(23)9-8-16-10-12-21(13-11-16)15-17-6-5-7-18(14-17)20(24)25/h5-7,14,16H,3-4,8-13,15H2,1-2H3,(H,24,25). The predicted molar refractivity (Wildman–Crippen MR) is 98.6 cm³/mol. The maximum atomic E-state index is 12.1. The van der Waals surface area contributed by atoms with Crippen LogP contribution in [0.3, 0.4) is 0 Å². The Kier molecular flexibility index (Phi) is 7.44. The van der Waals surface area contributed by atoms with Gasteiger partial charge in [-0.25, -0.2) is 4.79 Å². The lowest BCUT2D eigenvalue weighted by Crippen LogP contribution is -2.34. The summed E-state index contributed by atoms with van der Waals surface area (Å²) in [4.78, 5) is 27.5. The summed E-state index contributed by atoms with van der Waals surface area (Å²) < 4.78 is 0. The van der Waals surface area contributed by atoms with Crippen LogP contribution >= 0.6 is 0 Å². The molecule has 0 spiro atoms. The molecule has 0 atom stereocenters. The van der Waals surface area contributed by atoms with E-state index in [9.17, 15) is 9.59 Å². The quantitative estimate of drug-likeness (QED) is 0.785. The Labute approximate surface area is 150 Å². The van der Waals surface area contributed by atoms with Crippen LogP contribution in [0.15, 0.2) is 24.3 Å². The first-order valence-electron chi connectivity index (χ1n) is 9.35. The lowest BCUT2D eigenvalue weighted by atomic mass is 9.91. The molecule has 5 heteroatoms. The van der Waals surface area contributed by atoms with Gasteiger partial charge < -0.3 is 10.0 Å². The van der Waals surface area contributed by atoms with E-state index >= 15 is 0 Å². The number of amides is 1. The highest BCUT2D eigenvalue weighted by Crippen LogP contribution is 2.23. The number of aromatic carboxylic acids is 1. The van der Waals surface area contributed by atoms with Crippen LogP contribution in [-0.4, -0.2) is 53.0 Å². The average Bonchev–Trinajstić information content (AvgIpc) is 2.62. The number of carboxylic acids is 1. The number of rotatable bonds is 8. The van der Waals surface area contributed by atoms with E-state index in [0.29, 0.717) is 17.9 Å². The van der Waals surface area contributed by atoms with E-state index in [-0.39, 0.29) is 5.91 Å². The molecule has 0 aromatic heterocycles. The predicted octanol–water partition coefficient (Wildman–Crippen LogP) is 3.25. The van der Waals surface area contributed by atoms with Crippen molar-refractivity contribution >= 4 is 11.9 Å². The summed E-state index contributed by atoms with van der Waals surface area (Å²) in [6.45, 7) is 8.47. The fourth-order valence-electron chi connectivity index (χ4n) is 3.56. The Balaban J connectivity index is 1.75. The fraction of sp³-hybridized carbons (Fsp3) is 0.600.